The SMILES string of the molecule is CCCCCOCC(=O)N1C(C(=O)O)CC2CCCCC21. The van der Waals surface area contributed by atoms with Crippen LogP contribution in [0.15, 0.2) is 0 Å². The molecule has 21 heavy (non-hydrogen) atoms. The van der Waals surface area contributed by atoms with Gasteiger partial charge in [-0.2, -0.15) is 0 Å². The number of carbonyl (C=O) groups excluding carboxylic acids is 1. The predicted molar refractivity (Wildman–Crippen MR) is 79.0 cm³/mol. The molecule has 0 aromatic heterocycles. The molecule has 2 rings (SSSR count). The number of carbonyl (C=O) groups is 2. The van der Waals surface area contributed by atoms with E-state index in [1.54, 1.807) is 4.90 Å². The van der Waals surface area contributed by atoms with E-state index < -0.39 is 12.0 Å². The maximum atomic E-state index is 12.4. The van der Waals surface area contributed by atoms with Gasteiger partial charge in [-0.1, -0.05) is 32.6 Å². The Bertz CT molecular complexity index is 371. The topological polar surface area (TPSA) is 66.8 Å². The minimum atomic E-state index is -0.872. The lowest BCUT2D eigenvalue weighted by Gasteiger charge is -2.32. The van der Waals surface area contributed by atoms with Crippen LogP contribution in [0.4, 0.5) is 0 Å². The second-order valence-electron chi connectivity index (χ2n) is 6.26. The first-order valence-electron chi connectivity index (χ1n) is 8.26. The third kappa shape index (κ3) is 3.96. The zero-order chi connectivity index (χ0) is 15.2. The van der Waals surface area contributed by atoms with Crippen molar-refractivity contribution in [3.05, 3.63) is 0 Å². The molecule has 0 bridgehead atoms. The molecule has 1 saturated heterocycles. The highest BCUT2D eigenvalue weighted by molar-refractivity contribution is 5.85. The number of fused-ring (bicyclic) bond motifs is 1. The first-order valence-corrected chi connectivity index (χ1v) is 8.26. The van der Waals surface area contributed by atoms with E-state index in [0.717, 1.165) is 44.9 Å². The van der Waals surface area contributed by atoms with Crippen LogP contribution in [0, 0.1) is 5.92 Å². The molecule has 3 unspecified atom stereocenters. The Balaban J connectivity index is 1.90. The molecule has 1 aliphatic heterocycles. The van der Waals surface area contributed by atoms with Gasteiger partial charge in [0, 0.05) is 12.6 Å². The second-order valence-corrected chi connectivity index (χ2v) is 6.26. The van der Waals surface area contributed by atoms with Gasteiger partial charge in [-0.05, 0) is 31.6 Å². The van der Waals surface area contributed by atoms with E-state index in [2.05, 4.69) is 6.92 Å². The van der Waals surface area contributed by atoms with E-state index in [4.69, 9.17) is 4.74 Å². The summed E-state index contributed by atoms with van der Waals surface area (Å²) in [5.41, 5.74) is 0. The smallest absolute Gasteiger partial charge is 0.326 e. The number of hydrogen-bond donors (Lipinski definition) is 1. The summed E-state index contributed by atoms with van der Waals surface area (Å²) in [6.45, 7) is 2.73. The lowest BCUT2D eigenvalue weighted by molar-refractivity contribution is -0.152. The predicted octanol–water partition coefficient (Wildman–Crippen LogP) is 2.44. The number of carboxylic acids is 1. The average molecular weight is 297 g/mol. The quantitative estimate of drug-likeness (QED) is 0.733. The Morgan fingerprint density at radius 2 is 2.00 bits per heavy atom. The molecule has 120 valence electrons. The van der Waals surface area contributed by atoms with Crippen molar-refractivity contribution in [2.45, 2.75) is 70.4 Å². The molecule has 1 aliphatic carbocycles. The number of ether oxygens (including phenoxy) is 1. The molecule has 2 fully saturated rings. The van der Waals surface area contributed by atoms with Gasteiger partial charge in [0.1, 0.15) is 12.6 Å². The van der Waals surface area contributed by atoms with Gasteiger partial charge in [-0.25, -0.2) is 4.79 Å². The van der Waals surface area contributed by atoms with Gasteiger partial charge in [0.05, 0.1) is 0 Å². The molecule has 1 saturated carbocycles. The standard InChI is InChI=1S/C16H27NO4/c1-2-3-6-9-21-11-15(18)17-13-8-5-4-7-12(13)10-14(17)16(19)20/h12-14H,2-11H2,1H3,(H,19,20). The van der Waals surface area contributed by atoms with Gasteiger partial charge in [0.15, 0.2) is 0 Å². The molecule has 5 nitrogen and oxygen atoms in total. The van der Waals surface area contributed by atoms with Crippen molar-refractivity contribution in [3.8, 4) is 0 Å². The summed E-state index contributed by atoms with van der Waals surface area (Å²) in [6, 6.07) is -0.531. The Morgan fingerprint density at radius 3 is 2.71 bits per heavy atom. The number of carboxylic acid groups (broad SMARTS) is 1. The molecule has 3 atom stereocenters. The first kappa shape index (κ1) is 16.3. The van der Waals surface area contributed by atoms with Crippen LogP contribution in [0.3, 0.4) is 0 Å². The van der Waals surface area contributed by atoms with E-state index in [0.29, 0.717) is 18.9 Å². The fraction of sp³-hybridized carbons (Fsp3) is 0.875. The molecule has 0 aromatic rings. The van der Waals surface area contributed by atoms with E-state index in [9.17, 15) is 14.7 Å². The molecule has 0 spiro atoms. The van der Waals surface area contributed by atoms with Crippen LogP contribution in [0.5, 0.6) is 0 Å². The van der Waals surface area contributed by atoms with Crippen molar-refractivity contribution in [2.24, 2.45) is 5.92 Å². The van der Waals surface area contributed by atoms with Crippen LogP contribution in [0.1, 0.15) is 58.3 Å². The summed E-state index contributed by atoms with van der Waals surface area (Å²) in [6.07, 6.45) is 8.03. The number of rotatable bonds is 7. The summed E-state index contributed by atoms with van der Waals surface area (Å²) in [4.78, 5) is 25.4. The number of nitrogens with zero attached hydrogens (tertiary/aromatic N) is 1. The molecular formula is C16H27NO4. The van der Waals surface area contributed by atoms with Crippen molar-refractivity contribution >= 4 is 11.9 Å². The van der Waals surface area contributed by atoms with E-state index in [-0.39, 0.29) is 18.6 Å². The summed E-state index contributed by atoms with van der Waals surface area (Å²) in [7, 11) is 0. The fourth-order valence-electron chi connectivity index (χ4n) is 3.73. The lowest BCUT2D eigenvalue weighted by atomic mass is 9.85. The van der Waals surface area contributed by atoms with E-state index in [1.165, 1.54) is 0 Å². The lowest BCUT2D eigenvalue weighted by Crippen LogP contribution is -2.47. The highest BCUT2D eigenvalue weighted by Crippen LogP contribution is 2.39. The van der Waals surface area contributed by atoms with Crippen LogP contribution in [0.2, 0.25) is 0 Å². The fourth-order valence-corrected chi connectivity index (χ4v) is 3.73. The van der Waals surface area contributed by atoms with Gasteiger partial charge >= 0.3 is 5.97 Å². The molecule has 2 aliphatic rings. The highest BCUT2D eigenvalue weighted by Gasteiger charge is 2.47. The average Bonchev–Trinajstić information content (AvgIpc) is 2.86. The van der Waals surface area contributed by atoms with Crippen molar-refractivity contribution in [1.29, 1.82) is 0 Å². The largest absolute Gasteiger partial charge is 0.480 e. The Morgan fingerprint density at radius 1 is 1.24 bits per heavy atom. The van der Waals surface area contributed by atoms with Crippen molar-refractivity contribution in [2.75, 3.05) is 13.2 Å². The Kier molecular flexibility index (Phi) is 6.03. The second kappa shape index (κ2) is 7.78. The molecular weight excluding hydrogens is 270 g/mol. The van der Waals surface area contributed by atoms with Crippen molar-refractivity contribution in [3.63, 3.8) is 0 Å². The summed E-state index contributed by atoms with van der Waals surface area (Å²) in [5.74, 6) is -0.652. The van der Waals surface area contributed by atoms with E-state index >= 15 is 0 Å². The minimum absolute atomic E-state index is 0.0245. The molecule has 1 amide bonds. The number of aliphatic carboxylic acids is 1. The van der Waals surface area contributed by atoms with Gasteiger partial charge in [-0.3, -0.25) is 4.79 Å². The molecule has 1 heterocycles. The Labute approximate surface area is 126 Å². The zero-order valence-corrected chi connectivity index (χ0v) is 12.9. The first-order chi connectivity index (χ1) is 10.1. The zero-order valence-electron chi connectivity index (χ0n) is 12.9. The van der Waals surface area contributed by atoms with Crippen LogP contribution < -0.4 is 0 Å². The van der Waals surface area contributed by atoms with Gasteiger partial charge in [0.25, 0.3) is 0 Å². The maximum Gasteiger partial charge on any atom is 0.326 e. The third-order valence-electron chi connectivity index (χ3n) is 4.78. The third-order valence-corrected chi connectivity index (χ3v) is 4.78. The van der Waals surface area contributed by atoms with Crippen LogP contribution in [0.25, 0.3) is 0 Å². The van der Waals surface area contributed by atoms with Crippen molar-refractivity contribution in [1.82, 2.24) is 4.90 Å². The van der Waals surface area contributed by atoms with Crippen LogP contribution in [-0.2, 0) is 14.3 Å². The maximum absolute atomic E-state index is 12.4. The normalized spacial score (nSPS) is 28.4. The summed E-state index contributed by atoms with van der Waals surface area (Å²) < 4.78 is 5.43. The molecule has 1 N–H and O–H groups in total. The van der Waals surface area contributed by atoms with Gasteiger partial charge in [-0.15, -0.1) is 0 Å². The monoisotopic (exact) mass is 297 g/mol. The minimum Gasteiger partial charge on any atom is -0.480 e. The van der Waals surface area contributed by atoms with Gasteiger partial charge in [0.2, 0.25) is 5.91 Å². The number of amides is 1. The number of likely N-dealkylation sites (tertiary alicyclic amines) is 1. The highest BCUT2D eigenvalue weighted by atomic mass is 16.5. The van der Waals surface area contributed by atoms with Crippen LogP contribution in [-0.4, -0.2) is 47.2 Å². The summed E-state index contributed by atoms with van der Waals surface area (Å²) in [5, 5.41) is 9.39. The van der Waals surface area contributed by atoms with Crippen molar-refractivity contribution < 1.29 is 19.4 Å². The Hall–Kier alpha value is -1.10. The number of hydrogen-bond acceptors (Lipinski definition) is 3. The van der Waals surface area contributed by atoms with Gasteiger partial charge < -0.3 is 14.7 Å². The molecule has 0 aromatic carbocycles. The number of unbranched alkanes of at least 4 members (excludes halogenated alkanes) is 2. The van der Waals surface area contributed by atoms with Crippen LogP contribution >= 0.6 is 0 Å². The molecule has 0 radical (unpaired) electrons. The molecule has 5 heteroatoms. The summed E-state index contributed by atoms with van der Waals surface area (Å²) >= 11 is 0. The van der Waals surface area contributed by atoms with E-state index in [1.807, 2.05) is 0 Å².